The molecule has 1 saturated heterocycles. The number of likely N-dealkylation sites (N-methyl/N-ethyl adjacent to an activating group) is 1. The number of nitrogens with one attached hydrogen (secondary N) is 2. The summed E-state index contributed by atoms with van der Waals surface area (Å²) in [6.07, 6.45) is 0.333. The quantitative estimate of drug-likeness (QED) is 0.309. The average molecular weight is 544 g/mol. The number of nitrogens with zero attached hydrogens (tertiary/aromatic N) is 5. The summed E-state index contributed by atoms with van der Waals surface area (Å²) in [5, 5.41) is 27.9. The van der Waals surface area contributed by atoms with E-state index in [4.69, 9.17) is 4.98 Å². The number of hydrogen-bond donors (Lipinski definition) is 4. The fourth-order valence-corrected chi connectivity index (χ4v) is 6.00. The number of piperazine rings is 1. The SMILES string of the molecule is CCc1cc(O)ccc1-c1ccc2c(-c3nc4c([nH]3)CN(C)C(C(=O)N3CCN(C(=O)O)CC3C)C4)n[nH]c2c1. The van der Waals surface area contributed by atoms with Gasteiger partial charge in [-0.3, -0.25) is 14.8 Å². The fraction of sp³-hybridized carbons (Fsp3) is 0.379. The number of phenolic OH excluding ortho intramolecular Hbond substituents is 1. The summed E-state index contributed by atoms with van der Waals surface area (Å²) >= 11 is 0. The maximum absolute atomic E-state index is 13.5. The summed E-state index contributed by atoms with van der Waals surface area (Å²) in [7, 11) is 1.93. The summed E-state index contributed by atoms with van der Waals surface area (Å²) in [5.74, 6) is 0.929. The topological polar surface area (TPSA) is 142 Å². The van der Waals surface area contributed by atoms with Crippen LogP contribution in [0.25, 0.3) is 33.5 Å². The van der Waals surface area contributed by atoms with Gasteiger partial charge in [-0.05, 0) is 61.3 Å². The van der Waals surface area contributed by atoms with Gasteiger partial charge < -0.3 is 25.0 Å². The Balaban J connectivity index is 1.24. The first-order valence-electron chi connectivity index (χ1n) is 13.6. The molecule has 208 valence electrons. The first-order valence-corrected chi connectivity index (χ1v) is 13.6. The second-order valence-electron chi connectivity index (χ2n) is 10.8. The van der Waals surface area contributed by atoms with E-state index in [2.05, 4.69) is 34.2 Å². The van der Waals surface area contributed by atoms with Crippen molar-refractivity contribution in [3.8, 4) is 28.4 Å². The van der Waals surface area contributed by atoms with Gasteiger partial charge in [-0.15, -0.1) is 0 Å². The maximum Gasteiger partial charge on any atom is 0.407 e. The third-order valence-electron chi connectivity index (χ3n) is 8.22. The minimum atomic E-state index is -0.949. The minimum Gasteiger partial charge on any atom is -0.508 e. The Labute approximate surface area is 231 Å². The van der Waals surface area contributed by atoms with Crippen LogP contribution in [-0.2, 0) is 24.2 Å². The van der Waals surface area contributed by atoms with Gasteiger partial charge in [0.05, 0.1) is 22.9 Å². The number of phenols is 1. The molecule has 11 nitrogen and oxygen atoms in total. The van der Waals surface area contributed by atoms with Gasteiger partial charge in [0, 0.05) is 44.0 Å². The molecule has 0 saturated carbocycles. The molecular weight excluding hydrogens is 510 g/mol. The number of carbonyl (C=O) groups excluding carboxylic acids is 1. The highest BCUT2D eigenvalue weighted by Gasteiger charge is 2.38. The van der Waals surface area contributed by atoms with Crippen LogP contribution in [0.3, 0.4) is 0 Å². The Hall–Kier alpha value is -4.38. The van der Waals surface area contributed by atoms with Crippen LogP contribution >= 0.6 is 0 Å². The molecule has 4 N–H and O–H groups in total. The summed E-state index contributed by atoms with van der Waals surface area (Å²) in [6.45, 7) is 5.54. The van der Waals surface area contributed by atoms with Crippen molar-refractivity contribution >= 4 is 22.9 Å². The Kier molecular flexibility index (Phi) is 6.46. The van der Waals surface area contributed by atoms with Crippen LogP contribution in [-0.4, -0.2) is 95.8 Å². The number of aromatic nitrogens is 4. The molecule has 0 radical (unpaired) electrons. The van der Waals surface area contributed by atoms with E-state index in [-0.39, 0.29) is 23.7 Å². The Morgan fingerprint density at radius 2 is 1.98 bits per heavy atom. The number of amides is 2. The first kappa shape index (κ1) is 25.9. The van der Waals surface area contributed by atoms with Gasteiger partial charge in [0.1, 0.15) is 11.4 Å². The number of carbonyl (C=O) groups is 2. The van der Waals surface area contributed by atoms with Crippen molar-refractivity contribution in [2.24, 2.45) is 0 Å². The first-order chi connectivity index (χ1) is 19.2. The molecule has 11 heteroatoms. The van der Waals surface area contributed by atoms with Crippen LogP contribution in [0.1, 0.15) is 30.8 Å². The van der Waals surface area contributed by atoms with Gasteiger partial charge in [-0.25, -0.2) is 9.78 Å². The highest BCUT2D eigenvalue weighted by atomic mass is 16.4. The zero-order valence-corrected chi connectivity index (χ0v) is 22.8. The molecule has 2 unspecified atom stereocenters. The number of carboxylic acid groups (broad SMARTS) is 1. The Morgan fingerprint density at radius 1 is 1.15 bits per heavy atom. The standard InChI is InChI=1S/C29H33N7O4/c1-4-17-11-19(37)6-8-20(17)18-5-7-21-22(12-18)32-33-26(21)27-30-23-13-25(34(3)15-24(23)31-27)28(38)36-10-9-35(29(39)40)14-16(36)2/h5-8,11-12,16,25,37H,4,9-10,13-15H2,1-3H3,(H,30,31)(H,32,33)(H,39,40). The molecule has 2 aromatic carbocycles. The third kappa shape index (κ3) is 4.45. The zero-order valence-electron chi connectivity index (χ0n) is 22.8. The van der Waals surface area contributed by atoms with E-state index >= 15 is 0 Å². The van der Waals surface area contributed by atoms with E-state index in [0.717, 1.165) is 51.1 Å². The number of benzene rings is 2. The highest BCUT2D eigenvalue weighted by molar-refractivity contribution is 5.94. The number of aromatic amines is 2. The zero-order chi connectivity index (χ0) is 28.1. The lowest BCUT2D eigenvalue weighted by molar-refractivity contribution is -0.141. The van der Waals surface area contributed by atoms with Gasteiger partial charge in [0.25, 0.3) is 0 Å². The van der Waals surface area contributed by atoms with E-state index < -0.39 is 6.09 Å². The van der Waals surface area contributed by atoms with Gasteiger partial charge in [0.2, 0.25) is 5.91 Å². The van der Waals surface area contributed by atoms with Crippen molar-refractivity contribution < 1.29 is 19.8 Å². The number of hydrogen-bond acceptors (Lipinski definition) is 6. The van der Waals surface area contributed by atoms with E-state index in [1.165, 1.54) is 4.90 Å². The van der Waals surface area contributed by atoms with Crippen molar-refractivity contribution in [1.82, 2.24) is 34.9 Å². The van der Waals surface area contributed by atoms with Crippen molar-refractivity contribution in [3.05, 3.63) is 53.3 Å². The van der Waals surface area contributed by atoms with E-state index in [1.54, 1.807) is 17.0 Å². The molecule has 4 heterocycles. The van der Waals surface area contributed by atoms with Crippen molar-refractivity contribution in [2.45, 2.75) is 45.3 Å². The molecule has 2 amide bonds. The normalized spacial score (nSPS) is 19.7. The van der Waals surface area contributed by atoms with E-state index in [1.807, 2.05) is 31.0 Å². The molecule has 6 rings (SSSR count). The highest BCUT2D eigenvalue weighted by Crippen LogP contribution is 2.33. The Morgan fingerprint density at radius 3 is 2.73 bits per heavy atom. The monoisotopic (exact) mass is 543 g/mol. The minimum absolute atomic E-state index is 0.00802. The van der Waals surface area contributed by atoms with Crippen LogP contribution in [0.4, 0.5) is 4.79 Å². The molecule has 4 aromatic rings. The van der Waals surface area contributed by atoms with Gasteiger partial charge in [-0.1, -0.05) is 19.1 Å². The van der Waals surface area contributed by atoms with Crippen LogP contribution in [0.2, 0.25) is 0 Å². The average Bonchev–Trinajstić information content (AvgIpc) is 3.55. The van der Waals surface area contributed by atoms with Crippen LogP contribution in [0, 0.1) is 0 Å². The van der Waals surface area contributed by atoms with Crippen molar-refractivity contribution in [2.75, 3.05) is 26.7 Å². The lowest BCUT2D eigenvalue weighted by Crippen LogP contribution is -2.59. The molecule has 1 fully saturated rings. The molecule has 2 atom stereocenters. The number of aryl methyl sites for hydroxylation is 1. The van der Waals surface area contributed by atoms with Gasteiger partial charge >= 0.3 is 6.09 Å². The summed E-state index contributed by atoms with van der Waals surface area (Å²) in [6, 6.07) is 11.1. The van der Waals surface area contributed by atoms with Crippen molar-refractivity contribution in [3.63, 3.8) is 0 Å². The van der Waals surface area contributed by atoms with Crippen LogP contribution < -0.4 is 0 Å². The molecule has 2 aromatic heterocycles. The molecule has 0 bridgehead atoms. The van der Waals surface area contributed by atoms with Crippen LogP contribution in [0.5, 0.6) is 5.75 Å². The number of aromatic hydroxyl groups is 1. The second kappa shape index (κ2) is 9.98. The largest absolute Gasteiger partial charge is 0.508 e. The summed E-state index contributed by atoms with van der Waals surface area (Å²) in [4.78, 5) is 38.4. The number of imidazole rings is 1. The predicted molar refractivity (Wildman–Crippen MR) is 150 cm³/mol. The summed E-state index contributed by atoms with van der Waals surface area (Å²) in [5.41, 5.74) is 6.62. The fourth-order valence-electron chi connectivity index (χ4n) is 6.00. The Bertz CT molecular complexity index is 1610. The molecule has 0 aliphatic carbocycles. The number of fused-ring (bicyclic) bond motifs is 2. The third-order valence-corrected chi connectivity index (χ3v) is 8.22. The molecule has 2 aliphatic heterocycles. The molecule has 40 heavy (non-hydrogen) atoms. The second-order valence-corrected chi connectivity index (χ2v) is 10.8. The molecule has 2 aliphatic rings. The summed E-state index contributed by atoms with van der Waals surface area (Å²) < 4.78 is 0. The number of H-pyrrole nitrogens is 2. The lowest BCUT2D eigenvalue weighted by Gasteiger charge is -2.42. The molecule has 0 spiro atoms. The molecular formula is C29H33N7O4. The lowest BCUT2D eigenvalue weighted by atomic mass is 9.97. The van der Waals surface area contributed by atoms with E-state index in [0.29, 0.717) is 38.4 Å². The van der Waals surface area contributed by atoms with Crippen molar-refractivity contribution in [1.29, 1.82) is 0 Å². The van der Waals surface area contributed by atoms with Crippen LogP contribution in [0.15, 0.2) is 36.4 Å². The van der Waals surface area contributed by atoms with Gasteiger partial charge in [0.15, 0.2) is 5.82 Å². The number of rotatable bonds is 4. The predicted octanol–water partition coefficient (Wildman–Crippen LogP) is 3.46. The maximum atomic E-state index is 13.5. The smallest absolute Gasteiger partial charge is 0.407 e. The van der Waals surface area contributed by atoms with E-state index in [9.17, 15) is 19.8 Å². The van der Waals surface area contributed by atoms with Gasteiger partial charge in [-0.2, -0.15) is 5.10 Å².